The summed E-state index contributed by atoms with van der Waals surface area (Å²) in [4.78, 5) is 29.5. The number of primary amides is 1. The van der Waals surface area contributed by atoms with Gasteiger partial charge < -0.3 is 11.1 Å². The summed E-state index contributed by atoms with van der Waals surface area (Å²) in [6.45, 7) is 5.14. The number of carbonyl (C=O) groups is 2. The van der Waals surface area contributed by atoms with E-state index in [-0.39, 0.29) is 27.0 Å². The summed E-state index contributed by atoms with van der Waals surface area (Å²) < 4.78 is 28.2. The van der Waals surface area contributed by atoms with Crippen molar-refractivity contribution in [3.05, 3.63) is 38.6 Å². The molecule has 0 aliphatic heterocycles. The number of hydrogen-bond acceptors (Lipinski definition) is 5. The second-order valence-electron chi connectivity index (χ2n) is 7.66. The van der Waals surface area contributed by atoms with E-state index in [0.29, 0.717) is 27.4 Å². The van der Waals surface area contributed by atoms with Crippen LogP contribution in [0.25, 0.3) is 10.2 Å². The summed E-state index contributed by atoms with van der Waals surface area (Å²) in [6.07, 6.45) is -1.05. The third-order valence-electron chi connectivity index (χ3n) is 5.41. The van der Waals surface area contributed by atoms with Gasteiger partial charge in [0.2, 0.25) is 5.91 Å². The summed E-state index contributed by atoms with van der Waals surface area (Å²) in [6, 6.07) is 0.627. The van der Waals surface area contributed by atoms with Gasteiger partial charge in [0.25, 0.3) is 12.3 Å². The Balaban J connectivity index is 1.80. The SMILES string of the molecule is Cc1nn(C(C)C(=O)Nc2c(C(N)=O)sc3nc(C(F)F)cc(C4CC4)c23)c(C)c1Cl. The van der Waals surface area contributed by atoms with E-state index >= 15 is 0 Å². The summed E-state index contributed by atoms with van der Waals surface area (Å²) in [7, 11) is 0. The zero-order valence-corrected chi connectivity index (χ0v) is 18.6. The number of rotatable bonds is 6. The van der Waals surface area contributed by atoms with Crippen molar-refractivity contribution in [2.24, 2.45) is 5.73 Å². The van der Waals surface area contributed by atoms with Gasteiger partial charge in [-0.25, -0.2) is 13.8 Å². The van der Waals surface area contributed by atoms with Crippen molar-refractivity contribution in [3.63, 3.8) is 0 Å². The number of nitrogens with one attached hydrogen (secondary N) is 1. The molecule has 2 amide bonds. The highest BCUT2D eigenvalue weighted by molar-refractivity contribution is 7.21. The Morgan fingerprint density at radius 2 is 2.03 bits per heavy atom. The first-order valence-electron chi connectivity index (χ1n) is 9.67. The lowest BCUT2D eigenvalue weighted by Crippen LogP contribution is -2.26. The average molecular weight is 468 g/mol. The molecule has 0 aromatic carbocycles. The minimum Gasteiger partial charge on any atom is -0.365 e. The van der Waals surface area contributed by atoms with Gasteiger partial charge in [-0.15, -0.1) is 11.3 Å². The fourth-order valence-electron chi connectivity index (χ4n) is 3.63. The molecule has 1 unspecified atom stereocenters. The van der Waals surface area contributed by atoms with Crippen molar-refractivity contribution in [2.75, 3.05) is 5.32 Å². The maximum atomic E-state index is 13.4. The topological polar surface area (TPSA) is 103 Å². The van der Waals surface area contributed by atoms with Gasteiger partial charge in [-0.05, 0) is 51.2 Å². The Kier molecular flexibility index (Phi) is 5.47. The van der Waals surface area contributed by atoms with Gasteiger partial charge >= 0.3 is 0 Å². The molecule has 1 aliphatic rings. The highest BCUT2D eigenvalue weighted by Gasteiger charge is 2.32. The van der Waals surface area contributed by atoms with Crippen LogP contribution in [0.2, 0.25) is 5.02 Å². The van der Waals surface area contributed by atoms with Gasteiger partial charge in [0.15, 0.2) is 0 Å². The van der Waals surface area contributed by atoms with Gasteiger partial charge in [-0.3, -0.25) is 14.3 Å². The molecule has 0 spiro atoms. The number of fused-ring (bicyclic) bond motifs is 1. The molecule has 1 fully saturated rings. The van der Waals surface area contributed by atoms with Crippen LogP contribution in [-0.2, 0) is 4.79 Å². The van der Waals surface area contributed by atoms with Crippen molar-refractivity contribution < 1.29 is 18.4 Å². The predicted molar refractivity (Wildman–Crippen MR) is 115 cm³/mol. The highest BCUT2D eigenvalue weighted by atomic mass is 35.5. The first-order valence-corrected chi connectivity index (χ1v) is 10.9. The van der Waals surface area contributed by atoms with Gasteiger partial charge in [-0.2, -0.15) is 5.10 Å². The van der Waals surface area contributed by atoms with Crippen molar-refractivity contribution >= 4 is 50.7 Å². The summed E-state index contributed by atoms with van der Waals surface area (Å²) in [5.41, 5.74) is 7.28. The standard InChI is InChI=1S/C20H20ClF2N5O2S/c1-7-14(21)8(2)28(27-7)9(3)19(30)26-15-13-11(10-4-5-10)6-12(17(22)23)25-20(13)31-16(15)18(24)29/h6,9-10,17H,4-5H2,1-3H3,(H2,24,29)(H,26,30). The Bertz CT molecular complexity index is 1220. The van der Waals surface area contributed by atoms with E-state index in [4.69, 9.17) is 17.3 Å². The van der Waals surface area contributed by atoms with Crippen molar-refractivity contribution in [3.8, 4) is 0 Å². The van der Waals surface area contributed by atoms with Crippen molar-refractivity contribution in [2.45, 2.75) is 52.0 Å². The zero-order chi connectivity index (χ0) is 22.6. The minimum atomic E-state index is -2.74. The third-order valence-corrected chi connectivity index (χ3v) is 7.05. The van der Waals surface area contributed by atoms with Crippen LogP contribution in [0, 0.1) is 13.8 Å². The van der Waals surface area contributed by atoms with Crippen molar-refractivity contribution in [1.82, 2.24) is 14.8 Å². The minimum absolute atomic E-state index is 0.0720. The van der Waals surface area contributed by atoms with E-state index in [1.54, 1.807) is 20.8 Å². The van der Waals surface area contributed by atoms with Crippen molar-refractivity contribution in [1.29, 1.82) is 0 Å². The van der Waals surface area contributed by atoms with E-state index in [9.17, 15) is 18.4 Å². The highest BCUT2D eigenvalue weighted by Crippen LogP contribution is 2.48. The molecule has 11 heteroatoms. The van der Waals surface area contributed by atoms with E-state index in [0.717, 1.165) is 24.2 Å². The average Bonchev–Trinajstić information content (AvgIpc) is 3.46. The van der Waals surface area contributed by atoms with Gasteiger partial charge in [0.1, 0.15) is 21.4 Å². The first kappa shape index (κ1) is 21.6. The number of alkyl halides is 2. The molecule has 1 saturated carbocycles. The maximum Gasteiger partial charge on any atom is 0.280 e. The normalized spacial score (nSPS) is 14.9. The predicted octanol–water partition coefficient (Wildman–Crippen LogP) is 4.88. The Labute approximate surface area is 185 Å². The Morgan fingerprint density at radius 1 is 1.35 bits per heavy atom. The van der Waals surface area contributed by atoms with Gasteiger partial charge in [0, 0.05) is 5.39 Å². The Hall–Kier alpha value is -2.59. The molecule has 3 aromatic rings. The molecule has 1 atom stereocenters. The molecule has 0 bridgehead atoms. The largest absolute Gasteiger partial charge is 0.365 e. The lowest BCUT2D eigenvalue weighted by Gasteiger charge is -2.16. The molecule has 3 aromatic heterocycles. The van der Waals surface area contributed by atoms with E-state index in [2.05, 4.69) is 15.4 Å². The van der Waals surface area contributed by atoms with E-state index in [1.807, 2.05) is 0 Å². The van der Waals surface area contributed by atoms with Gasteiger partial charge in [0.05, 0.1) is 22.1 Å². The number of thiophene rings is 1. The number of hydrogen-bond donors (Lipinski definition) is 2. The molecule has 0 saturated heterocycles. The van der Waals surface area contributed by atoms with Gasteiger partial charge in [-0.1, -0.05) is 11.6 Å². The second-order valence-corrected chi connectivity index (χ2v) is 9.03. The summed E-state index contributed by atoms with van der Waals surface area (Å²) in [5.74, 6) is -1.12. The van der Waals surface area contributed by atoms with Crippen LogP contribution in [0.1, 0.15) is 70.5 Å². The van der Waals surface area contributed by atoms with Crippen LogP contribution < -0.4 is 11.1 Å². The number of nitrogens with zero attached hydrogens (tertiary/aromatic N) is 3. The van der Waals surface area contributed by atoms with Crippen LogP contribution in [-0.4, -0.2) is 26.6 Å². The number of amides is 2. The lowest BCUT2D eigenvalue weighted by molar-refractivity contribution is -0.119. The number of anilines is 1. The van der Waals surface area contributed by atoms with E-state index in [1.165, 1.54) is 10.7 Å². The third kappa shape index (κ3) is 3.78. The van der Waals surface area contributed by atoms with Crippen LogP contribution in [0.5, 0.6) is 0 Å². The fourth-order valence-corrected chi connectivity index (χ4v) is 4.77. The molecule has 0 radical (unpaired) electrons. The monoisotopic (exact) mass is 467 g/mol. The van der Waals surface area contributed by atoms with Crippen LogP contribution >= 0.6 is 22.9 Å². The number of pyridine rings is 1. The molecule has 3 N–H and O–H groups in total. The fraction of sp³-hybridized carbons (Fsp3) is 0.400. The Morgan fingerprint density at radius 3 is 2.55 bits per heavy atom. The van der Waals surface area contributed by atoms with E-state index < -0.39 is 24.3 Å². The number of aromatic nitrogens is 3. The molecule has 1 aliphatic carbocycles. The molecule has 164 valence electrons. The summed E-state index contributed by atoms with van der Waals surface area (Å²) in [5, 5.41) is 8.05. The number of aryl methyl sites for hydroxylation is 1. The molecular formula is C20H20ClF2N5O2S. The molecule has 3 heterocycles. The molecule has 7 nitrogen and oxygen atoms in total. The first-order chi connectivity index (χ1) is 14.6. The number of carbonyl (C=O) groups excluding carboxylic acids is 2. The smallest absolute Gasteiger partial charge is 0.280 e. The number of halogens is 3. The lowest BCUT2D eigenvalue weighted by atomic mass is 10.0. The summed E-state index contributed by atoms with van der Waals surface area (Å²) >= 11 is 7.10. The quantitative estimate of drug-likeness (QED) is 0.539. The second kappa shape index (κ2) is 7.83. The molecular weight excluding hydrogens is 448 g/mol. The van der Waals surface area contributed by atoms with Crippen LogP contribution in [0.3, 0.4) is 0 Å². The van der Waals surface area contributed by atoms with Crippen LogP contribution in [0.15, 0.2) is 6.07 Å². The number of nitrogens with two attached hydrogens (primary N) is 1. The maximum absolute atomic E-state index is 13.4. The van der Waals surface area contributed by atoms with Crippen LogP contribution in [0.4, 0.5) is 14.5 Å². The zero-order valence-electron chi connectivity index (χ0n) is 17.0. The molecule has 4 rings (SSSR count). The molecule has 31 heavy (non-hydrogen) atoms.